The molecule has 7 unspecified atom stereocenters. The van der Waals surface area contributed by atoms with Crippen LogP contribution >= 0.6 is 0 Å². The average molecular weight is 303 g/mol. The average Bonchev–Trinajstić information content (AvgIpc) is 2.87. The molecule has 4 fully saturated rings. The van der Waals surface area contributed by atoms with Crippen LogP contribution in [0, 0.1) is 46.8 Å². The Morgan fingerprint density at radius 3 is 2.59 bits per heavy atom. The summed E-state index contributed by atoms with van der Waals surface area (Å²) < 4.78 is 0. The summed E-state index contributed by atoms with van der Waals surface area (Å²) in [6.07, 6.45) is 12.3. The number of fused-ring (bicyclic) bond motifs is 5. The minimum Gasteiger partial charge on any atom is -0.299 e. The molecule has 22 heavy (non-hydrogen) atoms. The molecule has 1 nitrogen and oxygen atoms in total. The Bertz CT molecular complexity index is 453. The number of hydrogen-bond acceptors (Lipinski definition) is 1. The molecule has 0 aromatic carbocycles. The summed E-state index contributed by atoms with van der Waals surface area (Å²) in [6, 6.07) is 0. The summed E-state index contributed by atoms with van der Waals surface area (Å²) >= 11 is 0. The van der Waals surface area contributed by atoms with Crippen molar-refractivity contribution in [2.45, 2.75) is 78.6 Å². The summed E-state index contributed by atoms with van der Waals surface area (Å²) in [4.78, 5) is 12.5. The van der Waals surface area contributed by atoms with Gasteiger partial charge in [0.1, 0.15) is 5.78 Å². The van der Waals surface area contributed by atoms with Crippen LogP contribution in [-0.2, 0) is 4.79 Å². The van der Waals surface area contributed by atoms with Gasteiger partial charge in [-0.05, 0) is 85.9 Å². The van der Waals surface area contributed by atoms with Crippen molar-refractivity contribution in [3.63, 3.8) is 0 Å². The van der Waals surface area contributed by atoms with Gasteiger partial charge < -0.3 is 0 Å². The first-order chi connectivity index (χ1) is 10.5. The lowest BCUT2D eigenvalue weighted by molar-refractivity contribution is -0.135. The van der Waals surface area contributed by atoms with Crippen LogP contribution < -0.4 is 0 Å². The van der Waals surface area contributed by atoms with Gasteiger partial charge >= 0.3 is 0 Å². The molecule has 4 aliphatic rings. The van der Waals surface area contributed by atoms with Crippen molar-refractivity contribution < 1.29 is 4.79 Å². The highest BCUT2D eigenvalue weighted by Gasteiger charge is 2.54. The molecular formula is C21H34O. The Morgan fingerprint density at radius 1 is 1.00 bits per heavy atom. The zero-order chi connectivity index (χ0) is 15.5. The lowest BCUT2D eigenvalue weighted by atomic mass is 9.49. The maximum Gasteiger partial charge on any atom is 0.136 e. The van der Waals surface area contributed by atoms with E-state index in [9.17, 15) is 4.79 Å². The van der Waals surface area contributed by atoms with Crippen LogP contribution in [0.3, 0.4) is 0 Å². The number of hydrogen-bond donors (Lipinski definition) is 0. The molecule has 4 saturated carbocycles. The van der Waals surface area contributed by atoms with Crippen LogP contribution in [0.5, 0.6) is 0 Å². The molecule has 0 radical (unpaired) electrons. The van der Waals surface area contributed by atoms with E-state index >= 15 is 0 Å². The van der Waals surface area contributed by atoms with Crippen molar-refractivity contribution in [2.24, 2.45) is 46.8 Å². The Morgan fingerprint density at radius 2 is 1.82 bits per heavy atom. The molecule has 1 heteroatoms. The highest BCUT2D eigenvalue weighted by atomic mass is 16.1. The van der Waals surface area contributed by atoms with E-state index < -0.39 is 0 Å². The van der Waals surface area contributed by atoms with Gasteiger partial charge in [-0.3, -0.25) is 4.79 Å². The third-order valence-electron chi connectivity index (χ3n) is 8.51. The summed E-state index contributed by atoms with van der Waals surface area (Å²) in [5.74, 6) is 6.13. The zero-order valence-electron chi connectivity index (χ0n) is 14.8. The zero-order valence-corrected chi connectivity index (χ0v) is 14.8. The molecule has 0 aromatic heterocycles. The standard InChI is InChI=1S/C21H34O/c1-13(2)17-12-18-14(11-20(17)22)6-7-16-15(18)8-10-21(3)9-4-5-19(16)21/h13-19H,4-12H2,1-3H3. The summed E-state index contributed by atoms with van der Waals surface area (Å²) in [5, 5.41) is 0. The number of carbonyl (C=O) groups excluding carboxylic acids is 1. The molecule has 124 valence electrons. The van der Waals surface area contributed by atoms with Crippen molar-refractivity contribution in [2.75, 3.05) is 0 Å². The largest absolute Gasteiger partial charge is 0.299 e. The number of rotatable bonds is 1. The van der Waals surface area contributed by atoms with Gasteiger partial charge in [0.2, 0.25) is 0 Å². The second kappa shape index (κ2) is 5.35. The van der Waals surface area contributed by atoms with Gasteiger partial charge in [0.05, 0.1) is 0 Å². The van der Waals surface area contributed by atoms with Crippen molar-refractivity contribution in [1.29, 1.82) is 0 Å². The lowest BCUT2D eigenvalue weighted by Gasteiger charge is -2.55. The van der Waals surface area contributed by atoms with E-state index in [1.54, 1.807) is 0 Å². The molecule has 0 aliphatic heterocycles. The van der Waals surface area contributed by atoms with Gasteiger partial charge in [0, 0.05) is 12.3 Å². The smallest absolute Gasteiger partial charge is 0.136 e. The summed E-state index contributed by atoms with van der Waals surface area (Å²) in [5.41, 5.74) is 0.677. The highest BCUT2D eigenvalue weighted by Crippen LogP contribution is 2.62. The Balaban J connectivity index is 1.57. The Kier molecular flexibility index (Phi) is 3.70. The van der Waals surface area contributed by atoms with E-state index in [1.165, 1.54) is 51.4 Å². The fourth-order valence-corrected chi connectivity index (χ4v) is 7.33. The van der Waals surface area contributed by atoms with E-state index in [0.29, 0.717) is 23.0 Å². The fraction of sp³-hybridized carbons (Fsp3) is 0.952. The van der Waals surface area contributed by atoms with Gasteiger partial charge in [0.25, 0.3) is 0 Å². The molecule has 0 heterocycles. The monoisotopic (exact) mass is 302 g/mol. The van der Waals surface area contributed by atoms with Crippen molar-refractivity contribution in [3.8, 4) is 0 Å². The SMILES string of the molecule is CC(C)C1CC2C(CCC3C2CCC2(C)CCCC32)CC1=O. The Hall–Kier alpha value is -0.330. The van der Waals surface area contributed by atoms with Crippen molar-refractivity contribution in [1.82, 2.24) is 0 Å². The van der Waals surface area contributed by atoms with Gasteiger partial charge in [-0.25, -0.2) is 0 Å². The summed E-state index contributed by atoms with van der Waals surface area (Å²) in [6.45, 7) is 7.12. The molecule has 4 aliphatic carbocycles. The van der Waals surface area contributed by atoms with Crippen LogP contribution in [0.2, 0.25) is 0 Å². The van der Waals surface area contributed by atoms with E-state index in [0.717, 1.165) is 36.0 Å². The van der Waals surface area contributed by atoms with Gasteiger partial charge in [-0.15, -0.1) is 0 Å². The second-order valence-electron chi connectivity index (χ2n) is 9.78. The molecule has 0 N–H and O–H groups in total. The van der Waals surface area contributed by atoms with E-state index in [4.69, 9.17) is 0 Å². The van der Waals surface area contributed by atoms with Crippen LogP contribution in [0.4, 0.5) is 0 Å². The molecule has 4 rings (SSSR count). The topological polar surface area (TPSA) is 17.1 Å². The first kappa shape index (κ1) is 15.2. The molecular weight excluding hydrogens is 268 g/mol. The minimum absolute atomic E-state index is 0.372. The van der Waals surface area contributed by atoms with E-state index in [2.05, 4.69) is 20.8 Å². The first-order valence-corrected chi connectivity index (χ1v) is 10.0. The van der Waals surface area contributed by atoms with Crippen LogP contribution in [0.15, 0.2) is 0 Å². The fourth-order valence-electron chi connectivity index (χ4n) is 7.33. The van der Waals surface area contributed by atoms with Crippen molar-refractivity contribution in [3.05, 3.63) is 0 Å². The maximum absolute atomic E-state index is 12.5. The number of carbonyl (C=O) groups is 1. The predicted octanol–water partition coefficient (Wildman–Crippen LogP) is 5.48. The third-order valence-corrected chi connectivity index (χ3v) is 8.51. The highest BCUT2D eigenvalue weighted by molar-refractivity contribution is 5.82. The van der Waals surface area contributed by atoms with Gasteiger partial charge in [-0.1, -0.05) is 27.2 Å². The van der Waals surface area contributed by atoms with Crippen LogP contribution in [0.25, 0.3) is 0 Å². The van der Waals surface area contributed by atoms with E-state index in [1.807, 2.05) is 0 Å². The molecule has 0 aromatic rings. The van der Waals surface area contributed by atoms with Crippen molar-refractivity contribution >= 4 is 5.78 Å². The van der Waals surface area contributed by atoms with Gasteiger partial charge in [0.15, 0.2) is 0 Å². The third kappa shape index (κ3) is 2.21. The first-order valence-electron chi connectivity index (χ1n) is 10.0. The molecule has 7 atom stereocenters. The number of ketones is 1. The maximum atomic E-state index is 12.5. The summed E-state index contributed by atoms with van der Waals surface area (Å²) in [7, 11) is 0. The van der Waals surface area contributed by atoms with Crippen LogP contribution in [0.1, 0.15) is 78.6 Å². The lowest BCUT2D eigenvalue weighted by Crippen LogP contribution is -2.49. The van der Waals surface area contributed by atoms with E-state index in [-0.39, 0.29) is 0 Å². The molecule has 0 bridgehead atoms. The molecule has 0 saturated heterocycles. The van der Waals surface area contributed by atoms with Crippen LogP contribution in [-0.4, -0.2) is 5.78 Å². The molecule has 0 amide bonds. The number of Topliss-reactive ketones (excluding diaryl/α,β-unsaturated/α-hetero) is 1. The normalized spacial score (nSPS) is 51.4. The quantitative estimate of drug-likeness (QED) is 0.627. The minimum atomic E-state index is 0.372. The molecule has 0 spiro atoms. The second-order valence-corrected chi connectivity index (χ2v) is 9.78. The predicted molar refractivity (Wildman–Crippen MR) is 90.4 cm³/mol. The van der Waals surface area contributed by atoms with Gasteiger partial charge in [-0.2, -0.15) is 0 Å². The Labute approximate surface area is 136 Å².